The van der Waals surface area contributed by atoms with Crippen LogP contribution in [0, 0.1) is 5.92 Å². The SMILES string of the molecule is COc1ccc(NC(=O)C(C)(OC)C2CC2)c2ccccc12. The zero-order chi connectivity index (χ0) is 15.7. The molecule has 1 N–H and O–H groups in total. The molecule has 1 aliphatic carbocycles. The van der Waals surface area contributed by atoms with Crippen molar-refractivity contribution in [3.63, 3.8) is 0 Å². The van der Waals surface area contributed by atoms with Crippen LogP contribution in [0.25, 0.3) is 10.8 Å². The van der Waals surface area contributed by atoms with Gasteiger partial charge in [0.05, 0.1) is 7.11 Å². The zero-order valence-corrected chi connectivity index (χ0v) is 13.2. The van der Waals surface area contributed by atoms with E-state index < -0.39 is 5.60 Å². The van der Waals surface area contributed by atoms with E-state index in [0.29, 0.717) is 5.92 Å². The van der Waals surface area contributed by atoms with Gasteiger partial charge in [0, 0.05) is 23.6 Å². The second-order valence-corrected chi connectivity index (χ2v) is 5.90. The van der Waals surface area contributed by atoms with Crippen LogP contribution in [0.4, 0.5) is 5.69 Å². The number of benzene rings is 2. The van der Waals surface area contributed by atoms with E-state index in [0.717, 1.165) is 35.1 Å². The van der Waals surface area contributed by atoms with Gasteiger partial charge in [-0.3, -0.25) is 4.79 Å². The number of amides is 1. The van der Waals surface area contributed by atoms with Gasteiger partial charge in [0.15, 0.2) is 0 Å². The molecule has 0 bridgehead atoms. The summed E-state index contributed by atoms with van der Waals surface area (Å²) in [6.07, 6.45) is 2.09. The van der Waals surface area contributed by atoms with Crippen molar-refractivity contribution >= 4 is 22.4 Å². The number of methoxy groups -OCH3 is 2. The van der Waals surface area contributed by atoms with E-state index in [1.54, 1.807) is 14.2 Å². The van der Waals surface area contributed by atoms with Crippen LogP contribution in [0.1, 0.15) is 19.8 Å². The van der Waals surface area contributed by atoms with Crippen LogP contribution in [0.2, 0.25) is 0 Å². The third-order valence-corrected chi connectivity index (χ3v) is 4.58. The van der Waals surface area contributed by atoms with Crippen molar-refractivity contribution < 1.29 is 14.3 Å². The molecule has 4 nitrogen and oxygen atoms in total. The Hall–Kier alpha value is -2.07. The Kier molecular flexibility index (Phi) is 3.79. The lowest BCUT2D eigenvalue weighted by molar-refractivity contribution is -0.138. The second kappa shape index (κ2) is 5.61. The number of fused-ring (bicyclic) bond motifs is 1. The van der Waals surface area contributed by atoms with E-state index in [1.165, 1.54) is 0 Å². The Morgan fingerprint density at radius 2 is 1.82 bits per heavy atom. The number of rotatable bonds is 5. The summed E-state index contributed by atoms with van der Waals surface area (Å²) in [6, 6.07) is 11.6. The topological polar surface area (TPSA) is 47.6 Å². The lowest BCUT2D eigenvalue weighted by Crippen LogP contribution is -2.44. The summed E-state index contributed by atoms with van der Waals surface area (Å²) >= 11 is 0. The second-order valence-electron chi connectivity index (χ2n) is 5.90. The van der Waals surface area contributed by atoms with E-state index in [4.69, 9.17) is 9.47 Å². The van der Waals surface area contributed by atoms with Gasteiger partial charge in [-0.1, -0.05) is 24.3 Å². The molecule has 1 atom stereocenters. The summed E-state index contributed by atoms with van der Waals surface area (Å²) in [4.78, 5) is 12.7. The lowest BCUT2D eigenvalue weighted by atomic mass is 9.98. The van der Waals surface area contributed by atoms with Crippen molar-refractivity contribution in [2.45, 2.75) is 25.4 Å². The minimum Gasteiger partial charge on any atom is -0.496 e. The molecule has 1 amide bonds. The number of anilines is 1. The first-order valence-electron chi connectivity index (χ1n) is 7.52. The van der Waals surface area contributed by atoms with Gasteiger partial charge in [-0.2, -0.15) is 0 Å². The van der Waals surface area contributed by atoms with Gasteiger partial charge in [-0.25, -0.2) is 0 Å². The number of hydrogen-bond acceptors (Lipinski definition) is 3. The summed E-state index contributed by atoms with van der Waals surface area (Å²) in [5, 5.41) is 4.97. The molecule has 2 aromatic carbocycles. The lowest BCUT2D eigenvalue weighted by Gasteiger charge is -2.27. The summed E-state index contributed by atoms with van der Waals surface area (Å²) in [6.45, 7) is 1.87. The van der Waals surface area contributed by atoms with Crippen LogP contribution in [0.5, 0.6) is 5.75 Å². The average Bonchev–Trinajstić information content (AvgIpc) is 3.39. The molecular formula is C18H21NO3. The molecule has 0 aliphatic heterocycles. The molecular weight excluding hydrogens is 278 g/mol. The van der Waals surface area contributed by atoms with Gasteiger partial charge < -0.3 is 14.8 Å². The molecule has 0 aromatic heterocycles. The van der Waals surface area contributed by atoms with Crippen molar-refractivity contribution in [2.75, 3.05) is 19.5 Å². The highest BCUT2D eigenvalue weighted by Gasteiger charge is 2.47. The molecule has 0 saturated heterocycles. The molecule has 116 valence electrons. The van der Waals surface area contributed by atoms with E-state index >= 15 is 0 Å². The van der Waals surface area contributed by atoms with E-state index in [2.05, 4.69) is 5.32 Å². The Balaban J connectivity index is 1.96. The van der Waals surface area contributed by atoms with Crippen molar-refractivity contribution in [1.82, 2.24) is 0 Å². The summed E-state index contributed by atoms with van der Waals surface area (Å²) < 4.78 is 10.9. The van der Waals surface area contributed by atoms with E-state index in [-0.39, 0.29) is 5.91 Å². The fourth-order valence-corrected chi connectivity index (χ4v) is 2.88. The average molecular weight is 299 g/mol. The fourth-order valence-electron chi connectivity index (χ4n) is 2.88. The van der Waals surface area contributed by atoms with E-state index in [9.17, 15) is 4.79 Å². The molecule has 2 aromatic rings. The predicted octanol–water partition coefficient (Wildman–Crippen LogP) is 3.60. The number of nitrogens with one attached hydrogen (secondary N) is 1. The molecule has 1 saturated carbocycles. The number of carbonyl (C=O) groups is 1. The van der Waals surface area contributed by atoms with Gasteiger partial charge in [0.25, 0.3) is 5.91 Å². The number of hydrogen-bond donors (Lipinski definition) is 1. The van der Waals surface area contributed by atoms with Gasteiger partial charge in [0.2, 0.25) is 0 Å². The highest BCUT2D eigenvalue weighted by Crippen LogP contribution is 2.42. The van der Waals surface area contributed by atoms with Gasteiger partial charge >= 0.3 is 0 Å². The first-order valence-corrected chi connectivity index (χ1v) is 7.52. The number of carbonyl (C=O) groups excluding carboxylic acids is 1. The number of ether oxygens (including phenoxy) is 2. The summed E-state index contributed by atoms with van der Waals surface area (Å²) in [5.41, 5.74) is 0.0198. The Labute approximate surface area is 130 Å². The van der Waals surface area contributed by atoms with Crippen LogP contribution < -0.4 is 10.1 Å². The first kappa shape index (κ1) is 14.9. The highest BCUT2D eigenvalue weighted by molar-refractivity contribution is 6.06. The molecule has 1 fully saturated rings. The molecule has 1 aliphatic rings. The van der Waals surface area contributed by atoms with Crippen molar-refractivity contribution in [2.24, 2.45) is 5.92 Å². The normalized spacial score (nSPS) is 17.0. The molecule has 0 radical (unpaired) electrons. The van der Waals surface area contributed by atoms with Gasteiger partial charge in [0.1, 0.15) is 11.4 Å². The molecule has 0 heterocycles. The van der Waals surface area contributed by atoms with E-state index in [1.807, 2.05) is 43.3 Å². The molecule has 22 heavy (non-hydrogen) atoms. The van der Waals surface area contributed by atoms with Gasteiger partial charge in [-0.15, -0.1) is 0 Å². The Bertz CT molecular complexity index is 709. The van der Waals surface area contributed by atoms with Crippen LogP contribution in [-0.2, 0) is 9.53 Å². The molecule has 1 unspecified atom stereocenters. The fraction of sp³-hybridized carbons (Fsp3) is 0.389. The quantitative estimate of drug-likeness (QED) is 0.917. The van der Waals surface area contributed by atoms with Crippen molar-refractivity contribution in [1.29, 1.82) is 0 Å². The summed E-state index contributed by atoms with van der Waals surface area (Å²) in [7, 11) is 3.25. The zero-order valence-electron chi connectivity index (χ0n) is 13.2. The van der Waals surface area contributed by atoms with Crippen LogP contribution in [0.3, 0.4) is 0 Å². The molecule has 4 heteroatoms. The van der Waals surface area contributed by atoms with Crippen molar-refractivity contribution in [3.8, 4) is 5.75 Å². The molecule has 3 rings (SSSR count). The van der Waals surface area contributed by atoms with Crippen LogP contribution in [-0.4, -0.2) is 25.7 Å². The smallest absolute Gasteiger partial charge is 0.256 e. The van der Waals surface area contributed by atoms with Crippen molar-refractivity contribution in [3.05, 3.63) is 36.4 Å². The third kappa shape index (κ3) is 2.44. The Morgan fingerprint density at radius 3 is 2.41 bits per heavy atom. The first-order chi connectivity index (χ1) is 10.6. The maximum absolute atomic E-state index is 12.7. The van der Waals surface area contributed by atoms with Crippen LogP contribution in [0.15, 0.2) is 36.4 Å². The monoisotopic (exact) mass is 299 g/mol. The predicted molar refractivity (Wildman–Crippen MR) is 87.3 cm³/mol. The minimum atomic E-state index is -0.763. The maximum atomic E-state index is 12.7. The Morgan fingerprint density at radius 1 is 1.14 bits per heavy atom. The minimum absolute atomic E-state index is 0.0900. The standard InChI is InChI=1S/C18H21NO3/c1-18(22-3,12-8-9-12)17(20)19-15-10-11-16(21-2)14-7-5-4-6-13(14)15/h4-7,10-12H,8-9H2,1-3H3,(H,19,20). The maximum Gasteiger partial charge on any atom is 0.256 e. The van der Waals surface area contributed by atoms with Gasteiger partial charge in [-0.05, 0) is 37.8 Å². The summed E-state index contributed by atoms with van der Waals surface area (Å²) in [5.74, 6) is 1.01. The highest BCUT2D eigenvalue weighted by atomic mass is 16.5. The molecule has 0 spiro atoms. The van der Waals surface area contributed by atoms with Crippen LogP contribution >= 0.6 is 0 Å². The largest absolute Gasteiger partial charge is 0.496 e. The third-order valence-electron chi connectivity index (χ3n) is 4.58.